The van der Waals surface area contributed by atoms with Gasteiger partial charge in [0.05, 0.1) is 19.3 Å². The largest absolute Gasteiger partial charge is 0.388 e. The van der Waals surface area contributed by atoms with Gasteiger partial charge in [-0.3, -0.25) is 18.8 Å². The van der Waals surface area contributed by atoms with Crippen molar-refractivity contribution in [1.82, 2.24) is 34.9 Å². The Kier molecular flexibility index (Phi) is 7.68. The molecule has 3 fully saturated rings. The highest BCUT2D eigenvalue weighted by atomic mass is 32.7. The summed E-state index contributed by atoms with van der Waals surface area (Å²) in [5.74, 6) is -0.887. The second kappa shape index (κ2) is 10.9. The van der Waals surface area contributed by atoms with E-state index < -0.39 is 49.1 Å². The molecule has 0 amide bonds. The Morgan fingerprint density at radius 2 is 2.05 bits per heavy atom. The van der Waals surface area contributed by atoms with Crippen LogP contribution in [-0.4, -0.2) is 66.5 Å². The lowest BCUT2D eigenvalue weighted by Gasteiger charge is -2.32. The summed E-state index contributed by atoms with van der Waals surface area (Å²) in [6.07, 6.45) is 0.730. The molecule has 3 aliphatic rings. The van der Waals surface area contributed by atoms with E-state index in [4.69, 9.17) is 23.8 Å². The topological polar surface area (TPSA) is 211 Å². The number of anilines is 2. The smallest absolute Gasteiger partial charge is 0.369 e. The number of alkyl halides is 1. The number of nitrogens with one attached hydrogen (secondary N) is 2. The molecule has 1 aliphatic heterocycles. The normalized spacial score (nSPS) is 38.1. The molecule has 2 saturated carbocycles. The zero-order chi connectivity index (χ0) is 29.0. The van der Waals surface area contributed by atoms with E-state index in [1.807, 2.05) is 0 Å². The fourth-order valence-corrected chi connectivity index (χ4v) is 8.91. The maximum atomic E-state index is 15.7. The van der Waals surface area contributed by atoms with E-state index in [1.54, 1.807) is 6.07 Å². The lowest BCUT2D eigenvalue weighted by atomic mass is 10.1. The number of nitrogen functional groups attached to an aromatic ring is 1. The first-order valence-corrected chi connectivity index (χ1v) is 17.9. The van der Waals surface area contributed by atoms with Crippen molar-refractivity contribution in [3.63, 3.8) is 0 Å². The molecule has 41 heavy (non-hydrogen) atoms. The van der Waals surface area contributed by atoms with Gasteiger partial charge in [-0.2, -0.15) is 9.67 Å². The molecule has 21 heteroatoms. The Hall–Kier alpha value is -2.11. The number of halogens is 1. The van der Waals surface area contributed by atoms with Crippen LogP contribution in [0.3, 0.4) is 0 Å². The van der Waals surface area contributed by atoms with Gasteiger partial charge in [0.2, 0.25) is 5.95 Å². The zero-order valence-electron chi connectivity index (χ0n) is 21.1. The fourth-order valence-electron chi connectivity index (χ4n) is 5.56. The molecular weight excluding hydrogens is 623 g/mol. The molecule has 1 saturated heterocycles. The Bertz CT molecular complexity index is 1600. The zero-order valence-corrected chi connectivity index (χ0v) is 24.7. The van der Waals surface area contributed by atoms with E-state index in [-0.39, 0.29) is 55.5 Å². The van der Waals surface area contributed by atoms with Crippen LogP contribution in [0.15, 0.2) is 23.4 Å². The van der Waals surface area contributed by atoms with Gasteiger partial charge < -0.3 is 20.1 Å². The standard InChI is InChI=1S/C20H26FN9O7P2S2/c21-14-12(25-13-2-4-23-9-24-13)5-11-8-35-39(33,41)37-20(30-17-15(28-29-30)18(31)27-19(22)26-17)3-1-10(6-20)7-34-38(32,40)36-16(11)14/h2,4,9-12,14,16H,1,3,5-8H2,(H,32,40)(H,33,41)(H,23,24,25)(H3,22,26,27,31)/t10-,11+,12+,14-,16+,20-,38?,39?/m0/s1. The van der Waals surface area contributed by atoms with Crippen LogP contribution >= 0.6 is 38.1 Å². The van der Waals surface area contributed by atoms with Crippen molar-refractivity contribution in [1.29, 1.82) is 0 Å². The SMILES string of the molecule is Nc1nc2c(nnn2[C@@]23CC[C@H](COP(=O)(S)O[C@@H]4[C@@H](COP(=O)(S)O2)C[C@@H](Nc2ccncn2)[C@@H]4F)C3)c(=O)[nH]1. The second-order valence-corrected chi connectivity index (χ2v) is 15.9. The van der Waals surface area contributed by atoms with Crippen molar-refractivity contribution < 1.29 is 31.6 Å². The lowest BCUT2D eigenvalue weighted by Crippen LogP contribution is -2.35. The summed E-state index contributed by atoms with van der Waals surface area (Å²) in [5.41, 5.74) is 3.55. The van der Waals surface area contributed by atoms with Gasteiger partial charge in [0.15, 0.2) is 16.9 Å². The molecule has 4 N–H and O–H groups in total. The van der Waals surface area contributed by atoms with Gasteiger partial charge in [-0.15, -0.1) is 5.10 Å². The first-order chi connectivity index (χ1) is 19.4. The van der Waals surface area contributed by atoms with Gasteiger partial charge in [-0.05, 0) is 31.2 Å². The predicted octanol–water partition coefficient (Wildman–Crippen LogP) is 2.70. The van der Waals surface area contributed by atoms with E-state index >= 15 is 4.39 Å². The molecule has 0 spiro atoms. The minimum Gasteiger partial charge on any atom is -0.369 e. The average molecular weight is 650 g/mol. The minimum atomic E-state index is -4.18. The van der Waals surface area contributed by atoms with Crippen LogP contribution in [0.25, 0.3) is 11.2 Å². The van der Waals surface area contributed by atoms with Crippen molar-refractivity contribution in [2.24, 2.45) is 11.8 Å². The van der Waals surface area contributed by atoms with Gasteiger partial charge in [0.1, 0.15) is 24.4 Å². The van der Waals surface area contributed by atoms with Crippen LogP contribution in [0, 0.1) is 11.8 Å². The van der Waals surface area contributed by atoms with Crippen LogP contribution in [-0.2, 0) is 33.0 Å². The number of thiol groups is 2. The first kappa shape index (κ1) is 29.0. The number of nitrogens with zero attached hydrogens (tertiary/aromatic N) is 6. The second-order valence-electron chi connectivity index (χ2n) is 10.2. The Labute approximate surface area is 242 Å². The average Bonchev–Trinajstić information content (AvgIpc) is 3.59. The van der Waals surface area contributed by atoms with E-state index in [0.717, 1.165) is 0 Å². The molecule has 2 aliphatic carbocycles. The summed E-state index contributed by atoms with van der Waals surface area (Å²) in [6, 6.07) is 0.754. The highest BCUT2D eigenvalue weighted by Gasteiger charge is 2.52. The van der Waals surface area contributed by atoms with Crippen molar-refractivity contribution in [2.45, 2.75) is 49.7 Å². The summed E-state index contributed by atoms with van der Waals surface area (Å²) in [6.45, 7) is -8.68. The monoisotopic (exact) mass is 649 g/mol. The van der Waals surface area contributed by atoms with E-state index in [2.05, 4.69) is 60.1 Å². The Balaban J connectivity index is 1.32. The first-order valence-electron chi connectivity index (χ1n) is 12.6. The summed E-state index contributed by atoms with van der Waals surface area (Å²) >= 11 is 8.32. The van der Waals surface area contributed by atoms with E-state index in [9.17, 15) is 13.9 Å². The fraction of sp³-hybridized carbons (Fsp3) is 0.600. The lowest BCUT2D eigenvalue weighted by molar-refractivity contribution is -0.0278. The predicted molar refractivity (Wildman–Crippen MR) is 149 cm³/mol. The van der Waals surface area contributed by atoms with E-state index in [1.165, 1.54) is 17.2 Å². The third kappa shape index (κ3) is 5.91. The molecule has 16 nitrogen and oxygen atoms in total. The van der Waals surface area contributed by atoms with Crippen molar-refractivity contribution >= 4 is 61.0 Å². The van der Waals surface area contributed by atoms with Crippen LogP contribution < -0.4 is 16.6 Å². The van der Waals surface area contributed by atoms with Crippen LogP contribution in [0.2, 0.25) is 0 Å². The molecule has 0 radical (unpaired) electrons. The maximum Gasteiger partial charge on any atom is 0.388 e. The number of aromatic amines is 1. The molecule has 2 bridgehead atoms. The molecular formula is C20H26FN9O7P2S2. The van der Waals surface area contributed by atoms with Crippen LogP contribution in [0.1, 0.15) is 25.7 Å². The number of H-pyrrole nitrogens is 1. The summed E-state index contributed by atoms with van der Waals surface area (Å²) in [5, 5.41) is 11.0. The van der Waals surface area contributed by atoms with Crippen molar-refractivity contribution in [2.75, 3.05) is 24.3 Å². The summed E-state index contributed by atoms with van der Waals surface area (Å²) in [7, 11) is 0. The number of hydrogen-bond donors (Lipinski definition) is 5. The molecule has 8 atom stereocenters. The number of nitrogens with two attached hydrogens (primary N) is 1. The number of aromatic nitrogens is 7. The molecule has 3 aromatic heterocycles. The maximum absolute atomic E-state index is 15.7. The molecule has 6 rings (SSSR count). The third-order valence-electron chi connectivity index (χ3n) is 7.37. The molecule has 222 valence electrons. The van der Waals surface area contributed by atoms with Gasteiger partial charge in [0.25, 0.3) is 5.56 Å². The van der Waals surface area contributed by atoms with Crippen LogP contribution in [0.5, 0.6) is 0 Å². The van der Waals surface area contributed by atoms with Crippen molar-refractivity contribution in [3.05, 3.63) is 28.9 Å². The van der Waals surface area contributed by atoms with Gasteiger partial charge in [-0.1, -0.05) is 29.7 Å². The highest BCUT2D eigenvalue weighted by Crippen LogP contribution is 2.63. The number of fused-ring (bicyclic) bond motifs is 4. The highest BCUT2D eigenvalue weighted by molar-refractivity contribution is 8.44. The third-order valence-corrected chi connectivity index (χ3v) is 10.6. The van der Waals surface area contributed by atoms with E-state index in [0.29, 0.717) is 12.2 Å². The van der Waals surface area contributed by atoms with Gasteiger partial charge >= 0.3 is 13.6 Å². The molecule has 3 aromatic rings. The van der Waals surface area contributed by atoms with Crippen LogP contribution in [0.4, 0.5) is 16.2 Å². The summed E-state index contributed by atoms with van der Waals surface area (Å²) < 4.78 is 66.8. The Morgan fingerprint density at radius 1 is 1.24 bits per heavy atom. The summed E-state index contributed by atoms with van der Waals surface area (Å²) in [4.78, 5) is 26.8. The van der Waals surface area contributed by atoms with Gasteiger partial charge in [-0.25, -0.2) is 23.5 Å². The molecule has 0 aromatic carbocycles. The Morgan fingerprint density at radius 3 is 2.83 bits per heavy atom. The molecule has 2 unspecified atom stereocenters. The molecule has 4 heterocycles. The van der Waals surface area contributed by atoms with Gasteiger partial charge in [0, 0.05) is 18.5 Å². The number of hydrogen-bond acceptors (Lipinski definition) is 14. The minimum absolute atomic E-state index is 0.00318. The number of rotatable bonds is 3. The quantitative estimate of drug-likeness (QED) is 0.204. The van der Waals surface area contributed by atoms with Crippen molar-refractivity contribution in [3.8, 4) is 0 Å².